The molecule has 1 aromatic carbocycles. The van der Waals surface area contributed by atoms with E-state index in [1.165, 1.54) is 19.4 Å². The number of hydrogen-bond donors (Lipinski definition) is 8. The maximum Gasteiger partial charge on any atom is 0.417 e. The number of carbonyl (C=O) groups is 7. The van der Waals surface area contributed by atoms with E-state index in [0.29, 0.717) is 0 Å². The molecule has 0 aliphatic carbocycles. The largest absolute Gasteiger partial charge is 0.481 e. The highest BCUT2D eigenvalue weighted by molar-refractivity contribution is 6.01. The molecule has 0 saturated heterocycles. The third kappa shape index (κ3) is 12.7. The number of H-pyrrole nitrogens is 1. The van der Waals surface area contributed by atoms with E-state index in [-0.39, 0.29) is 36.2 Å². The molecule has 2 aromatic heterocycles. The van der Waals surface area contributed by atoms with Crippen molar-refractivity contribution in [3.8, 4) is 0 Å². The van der Waals surface area contributed by atoms with Gasteiger partial charge in [-0.25, -0.2) is 9.78 Å². The van der Waals surface area contributed by atoms with E-state index in [4.69, 9.17) is 4.42 Å². The molecule has 0 aliphatic heterocycles. The molecule has 0 saturated carbocycles. The molecule has 292 valence electrons. The second kappa shape index (κ2) is 18.5. The van der Waals surface area contributed by atoms with Gasteiger partial charge < -0.3 is 46.2 Å². The molecule has 54 heavy (non-hydrogen) atoms. The van der Waals surface area contributed by atoms with Gasteiger partial charge in [-0.15, -0.1) is 0 Å². The molecule has 3 rings (SSSR count). The van der Waals surface area contributed by atoms with Crippen LogP contribution in [0.15, 0.2) is 46.0 Å². The van der Waals surface area contributed by atoms with Gasteiger partial charge in [-0.05, 0) is 30.9 Å². The number of imidazole rings is 1. The van der Waals surface area contributed by atoms with Gasteiger partial charge >= 0.3 is 23.7 Å². The number of aromatic amines is 1. The number of aromatic nitrogens is 2. The molecule has 21 heteroatoms. The van der Waals surface area contributed by atoms with Crippen molar-refractivity contribution in [1.29, 1.82) is 0 Å². The molecule has 0 spiro atoms. The SMILES string of the molecule is CC(=O)N[C@H](CC(C)C)C(=O)N[C@H](CCC(=O)O)C(=O)N[C@H](Cc1cnc[nH]1)C(=O)N[C@H](CC(=O)O)C(=O)Nc1ccc2c(C(F)(F)F)cc(=O)oc2c1. The third-order valence-electron chi connectivity index (χ3n) is 7.62. The van der Waals surface area contributed by atoms with Crippen LogP contribution in [0.3, 0.4) is 0 Å². The maximum atomic E-state index is 13.6. The van der Waals surface area contributed by atoms with Crippen LogP contribution in [0, 0.1) is 5.92 Å². The summed E-state index contributed by atoms with van der Waals surface area (Å²) in [6.07, 6.45) is -4.58. The summed E-state index contributed by atoms with van der Waals surface area (Å²) < 4.78 is 45.3. The van der Waals surface area contributed by atoms with Crippen LogP contribution < -0.4 is 32.2 Å². The van der Waals surface area contributed by atoms with Gasteiger partial charge in [-0.3, -0.25) is 33.6 Å². The Hall–Kier alpha value is -6.28. The van der Waals surface area contributed by atoms with E-state index >= 15 is 0 Å². The first-order valence-corrected chi connectivity index (χ1v) is 16.3. The predicted molar refractivity (Wildman–Crippen MR) is 180 cm³/mol. The number of fused-ring (bicyclic) bond motifs is 1. The minimum Gasteiger partial charge on any atom is -0.481 e. The molecule has 4 atom stereocenters. The topological polar surface area (TPSA) is 279 Å². The van der Waals surface area contributed by atoms with Gasteiger partial charge in [0.05, 0.1) is 18.3 Å². The molecule has 5 amide bonds. The van der Waals surface area contributed by atoms with Gasteiger partial charge in [-0.2, -0.15) is 13.2 Å². The van der Waals surface area contributed by atoms with Crippen LogP contribution in [0.4, 0.5) is 18.9 Å². The van der Waals surface area contributed by atoms with Crippen molar-refractivity contribution in [1.82, 2.24) is 31.2 Å². The van der Waals surface area contributed by atoms with Gasteiger partial charge in [-0.1, -0.05) is 13.8 Å². The number of hydrogen-bond acceptors (Lipinski definition) is 10. The Balaban J connectivity index is 1.88. The fraction of sp³-hybridized carbons (Fsp3) is 0.424. The number of nitrogens with one attached hydrogen (secondary N) is 6. The summed E-state index contributed by atoms with van der Waals surface area (Å²) in [5.41, 5.74) is -3.12. The lowest BCUT2D eigenvalue weighted by atomic mass is 10.0. The Kier molecular flexibility index (Phi) is 14.4. The van der Waals surface area contributed by atoms with Crippen LogP contribution in [-0.4, -0.2) is 85.8 Å². The second-order valence-electron chi connectivity index (χ2n) is 12.6. The number of carboxylic acids is 2. The molecule has 0 radical (unpaired) electrons. The number of benzene rings is 1. The number of nitrogens with zero attached hydrogens (tertiary/aromatic N) is 1. The quantitative estimate of drug-likeness (QED) is 0.0845. The summed E-state index contributed by atoms with van der Waals surface area (Å²) in [5.74, 6) is -7.61. The molecule has 0 bridgehead atoms. The Morgan fingerprint density at radius 1 is 0.852 bits per heavy atom. The fourth-order valence-electron chi connectivity index (χ4n) is 5.22. The molecule has 2 heterocycles. The van der Waals surface area contributed by atoms with E-state index in [1.807, 2.05) is 0 Å². The Morgan fingerprint density at radius 3 is 2.06 bits per heavy atom. The Labute approximate surface area is 303 Å². The van der Waals surface area contributed by atoms with E-state index < -0.39 is 113 Å². The molecule has 18 nitrogen and oxygen atoms in total. The number of anilines is 1. The number of halogens is 3. The lowest BCUT2D eigenvalue weighted by molar-refractivity contribution is -0.140. The summed E-state index contributed by atoms with van der Waals surface area (Å²) in [4.78, 5) is 107. The highest BCUT2D eigenvalue weighted by Gasteiger charge is 2.35. The lowest BCUT2D eigenvalue weighted by Crippen LogP contribution is -2.58. The lowest BCUT2D eigenvalue weighted by Gasteiger charge is -2.26. The molecule has 3 aromatic rings. The number of amides is 5. The highest BCUT2D eigenvalue weighted by atomic mass is 19.4. The van der Waals surface area contributed by atoms with E-state index in [0.717, 1.165) is 18.2 Å². The zero-order chi connectivity index (χ0) is 40.3. The molecular formula is C33H38F3N7O11. The fourth-order valence-corrected chi connectivity index (χ4v) is 5.22. The maximum absolute atomic E-state index is 13.6. The zero-order valence-electron chi connectivity index (χ0n) is 29.0. The van der Waals surface area contributed by atoms with Gasteiger partial charge in [0.25, 0.3) is 0 Å². The number of aliphatic carboxylic acids is 2. The van der Waals surface area contributed by atoms with Crippen molar-refractivity contribution in [2.45, 2.75) is 83.2 Å². The first-order valence-electron chi connectivity index (χ1n) is 16.3. The van der Waals surface area contributed by atoms with Gasteiger partial charge in [0.2, 0.25) is 29.5 Å². The smallest absolute Gasteiger partial charge is 0.417 e. The second-order valence-corrected chi connectivity index (χ2v) is 12.6. The van der Waals surface area contributed by atoms with Crippen molar-refractivity contribution in [3.05, 3.63) is 58.5 Å². The summed E-state index contributed by atoms with van der Waals surface area (Å²) in [6.45, 7) is 4.74. The average molecular weight is 766 g/mol. The van der Waals surface area contributed by atoms with Crippen molar-refractivity contribution in [2.75, 3.05) is 5.32 Å². The Morgan fingerprint density at radius 2 is 1.48 bits per heavy atom. The number of rotatable bonds is 18. The molecular weight excluding hydrogens is 727 g/mol. The van der Waals surface area contributed by atoms with Crippen molar-refractivity contribution in [2.24, 2.45) is 5.92 Å². The summed E-state index contributed by atoms with van der Waals surface area (Å²) >= 11 is 0. The predicted octanol–water partition coefficient (Wildman–Crippen LogP) is 1.06. The number of carboxylic acid groups (broad SMARTS) is 2. The van der Waals surface area contributed by atoms with Crippen LogP contribution in [0.5, 0.6) is 0 Å². The van der Waals surface area contributed by atoms with Gasteiger partial charge in [0.15, 0.2) is 0 Å². The van der Waals surface area contributed by atoms with E-state index in [1.54, 1.807) is 13.8 Å². The van der Waals surface area contributed by atoms with Crippen LogP contribution in [0.1, 0.15) is 57.7 Å². The first kappa shape index (κ1) is 42.1. The third-order valence-corrected chi connectivity index (χ3v) is 7.62. The standard InChI is InChI=1S/C33H38F3N7O11/c1-15(2)8-22(39-16(3)44)31(52)41-21(6-7-26(45)46)29(50)42-23(9-18-13-37-14-38-18)32(53)43-24(12-27(47)48)30(51)40-17-4-5-19-20(33(34,35)36)11-28(49)54-25(19)10-17/h4-5,10-11,13-15,21-24H,6-9,12H2,1-3H3,(H,37,38)(H,39,44)(H,40,51)(H,41,52)(H,42,50)(H,43,53)(H,45,46)(H,47,48)/t21-,22-,23-,24-/m1/s1. The van der Waals surface area contributed by atoms with Crippen molar-refractivity contribution >= 4 is 58.1 Å². The van der Waals surface area contributed by atoms with E-state index in [9.17, 15) is 61.7 Å². The Bertz CT molecular complexity index is 1930. The molecule has 0 unspecified atom stereocenters. The average Bonchev–Trinajstić information content (AvgIpc) is 3.57. The monoisotopic (exact) mass is 765 g/mol. The van der Waals surface area contributed by atoms with Crippen LogP contribution in [0.2, 0.25) is 0 Å². The number of alkyl halides is 3. The minimum absolute atomic E-state index is 0.0819. The normalized spacial score (nSPS) is 13.6. The number of carbonyl (C=O) groups excluding carboxylic acids is 5. The van der Waals surface area contributed by atoms with Gasteiger partial charge in [0, 0.05) is 54.9 Å². The summed E-state index contributed by atoms with van der Waals surface area (Å²) in [7, 11) is 0. The van der Waals surface area contributed by atoms with E-state index in [2.05, 4.69) is 36.6 Å². The molecule has 0 aliphatic rings. The highest BCUT2D eigenvalue weighted by Crippen LogP contribution is 2.34. The van der Waals surface area contributed by atoms with Crippen molar-refractivity contribution < 1.29 is 61.4 Å². The van der Waals surface area contributed by atoms with Crippen molar-refractivity contribution in [3.63, 3.8) is 0 Å². The van der Waals surface area contributed by atoms with Crippen LogP contribution in [-0.2, 0) is 46.2 Å². The minimum atomic E-state index is -4.91. The molecule has 0 fully saturated rings. The zero-order valence-corrected chi connectivity index (χ0v) is 29.0. The summed E-state index contributed by atoms with van der Waals surface area (Å²) in [6, 6.07) is -2.98. The van der Waals surface area contributed by atoms with Crippen LogP contribution in [0.25, 0.3) is 11.0 Å². The molecule has 8 N–H and O–H groups in total. The summed E-state index contributed by atoms with van der Waals surface area (Å²) in [5, 5.41) is 30.0. The van der Waals surface area contributed by atoms with Crippen LogP contribution >= 0.6 is 0 Å². The first-order chi connectivity index (χ1) is 25.2. The van der Waals surface area contributed by atoms with Gasteiger partial charge in [0.1, 0.15) is 29.8 Å².